The van der Waals surface area contributed by atoms with E-state index in [9.17, 15) is 4.79 Å². The predicted octanol–water partition coefficient (Wildman–Crippen LogP) is 3.01. The van der Waals surface area contributed by atoms with Gasteiger partial charge in [-0.3, -0.25) is 4.79 Å². The van der Waals surface area contributed by atoms with Gasteiger partial charge in [0.15, 0.2) is 0 Å². The van der Waals surface area contributed by atoms with Crippen molar-refractivity contribution in [3.8, 4) is 6.07 Å². The van der Waals surface area contributed by atoms with Crippen LogP contribution in [0.2, 0.25) is 0 Å². The van der Waals surface area contributed by atoms with Crippen molar-refractivity contribution in [1.82, 2.24) is 4.98 Å². The third-order valence-corrected chi connectivity index (χ3v) is 3.78. The number of nitrogens with one attached hydrogen (secondary N) is 2. The Morgan fingerprint density at radius 3 is 2.91 bits per heavy atom. The van der Waals surface area contributed by atoms with E-state index in [-0.39, 0.29) is 11.9 Å². The van der Waals surface area contributed by atoms with Crippen LogP contribution >= 0.6 is 0 Å². The first-order chi connectivity index (χ1) is 10.7. The first-order valence-corrected chi connectivity index (χ1v) is 7.21. The Hall–Kier alpha value is -2.87. The summed E-state index contributed by atoms with van der Waals surface area (Å²) in [6, 6.07) is 11.8. The lowest BCUT2D eigenvalue weighted by molar-refractivity contribution is -0.116. The minimum atomic E-state index is 0.0770. The van der Waals surface area contributed by atoms with E-state index >= 15 is 0 Å². The van der Waals surface area contributed by atoms with Gasteiger partial charge in [0.25, 0.3) is 0 Å². The number of fused-ring (bicyclic) bond motifs is 1. The molecule has 110 valence electrons. The second kappa shape index (κ2) is 5.86. The highest BCUT2D eigenvalue weighted by molar-refractivity contribution is 5.93. The fourth-order valence-electron chi connectivity index (χ4n) is 2.52. The number of carbonyl (C=O) groups is 1. The molecule has 0 aliphatic carbocycles. The van der Waals surface area contributed by atoms with Crippen LogP contribution in [0.3, 0.4) is 0 Å². The molecule has 2 heterocycles. The molecule has 0 radical (unpaired) electrons. The summed E-state index contributed by atoms with van der Waals surface area (Å²) in [6.07, 6.45) is 2.86. The van der Waals surface area contributed by atoms with Crippen LogP contribution in [0, 0.1) is 11.3 Å². The fraction of sp³-hybridized carbons (Fsp3) is 0.235. The van der Waals surface area contributed by atoms with Gasteiger partial charge in [0.1, 0.15) is 11.9 Å². The number of amides is 1. The van der Waals surface area contributed by atoms with E-state index in [4.69, 9.17) is 5.26 Å². The number of aryl methyl sites for hydroxylation is 1. The lowest BCUT2D eigenvalue weighted by atomic mass is 9.98. The highest BCUT2D eigenvalue weighted by atomic mass is 16.1. The van der Waals surface area contributed by atoms with Gasteiger partial charge in [-0.1, -0.05) is 12.1 Å². The Morgan fingerprint density at radius 2 is 2.18 bits per heavy atom. The molecule has 1 aliphatic heterocycles. The summed E-state index contributed by atoms with van der Waals surface area (Å²) in [4.78, 5) is 15.6. The lowest BCUT2D eigenvalue weighted by Gasteiger charge is -2.20. The number of hydrogen-bond donors (Lipinski definition) is 2. The molecule has 2 N–H and O–H groups in total. The van der Waals surface area contributed by atoms with E-state index < -0.39 is 0 Å². The summed E-state index contributed by atoms with van der Waals surface area (Å²) in [6.45, 7) is 2.06. The molecule has 1 aliphatic rings. The molecular weight excluding hydrogens is 276 g/mol. The number of hydrogen-bond acceptors (Lipinski definition) is 4. The zero-order valence-corrected chi connectivity index (χ0v) is 12.3. The Labute approximate surface area is 129 Å². The molecule has 0 saturated carbocycles. The first-order valence-electron chi connectivity index (χ1n) is 7.21. The zero-order chi connectivity index (χ0) is 15.5. The molecule has 1 aromatic carbocycles. The molecule has 1 aromatic heterocycles. The SMILES string of the molecule is CC(Nc1ccc(C#N)cn1)c1ccc2c(c1)CCC(=O)N2. The molecule has 5 nitrogen and oxygen atoms in total. The number of nitrogens with zero attached hydrogens (tertiary/aromatic N) is 2. The average Bonchev–Trinajstić information content (AvgIpc) is 2.55. The van der Waals surface area contributed by atoms with Crippen LogP contribution < -0.4 is 10.6 Å². The van der Waals surface area contributed by atoms with Crippen LogP contribution in [-0.2, 0) is 11.2 Å². The van der Waals surface area contributed by atoms with Crippen LogP contribution in [0.15, 0.2) is 36.5 Å². The summed E-state index contributed by atoms with van der Waals surface area (Å²) >= 11 is 0. The van der Waals surface area contributed by atoms with Crippen LogP contribution in [-0.4, -0.2) is 10.9 Å². The third kappa shape index (κ3) is 2.91. The second-order valence-corrected chi connectivity index (χ2v) is 5.37. The van der Waals surface area contributed by atoms with Crippen molar-refractivity contribution in [2.45, 2.75) is 25.8 Å². The standard InChI is InChI=1S/C17H16N4O/c1-11(20-16-6-2-12(9-18)10-19-16)13-3-5-15-14(8-13)4-7-17(22)21-15/h2-3,5-6,8,10-11H,4,7H2,1H3,(H,19,20)(H,21,22). The number of benzene rings is 1. The zero-order valence-electron chi connectivity index (χ0n) is 12.3. The maximum atomic E-state index is 11.4. The Kier molecular flexibility index (Phi) is 3.75. The van der Waals surface area contributed by atoms with Crippen molar-refractivity contribution in [2.75, 3.05) is 10.6 Å². The molecule has 22 heavy (non-hydrogen) atoms. The van der Waals surface area contributed by atoms with Gasteiger partial charge >= 0.3 is 0 Å². The van der Waals surface area contributed by atoms with E-state index in [0.29, 0.717) is 12.0 Å². The highest BCUT2D eigenvalue weighted by Gasteiger charge is 2.16. The van der Waals surface area contributed by atoms with Gasteiger partial charge in [-0.25, -0.2) is 4.98 Å². The van der Waals surface area contributed by atoms with Gasteiger partial charge in [0, 0.05) is 24.3 Å². The number of carbonyl (C=O) groups excluding carboxylic acids is 1. The van der Waals surface area contributed by atoms with Crippen LogP contribution in [0.25, 0.3) is 0 Å². The minimum Gasteiger partial charge on any atom is -0.364 e. The predicted molar refractivity (Wildman–Crippen MR) is 84.4 cm³/mol. The molecule has 5 heteroatoms. The number of aromatic nitrogens is 1. The third-order valence-electron chi connectivity index (χ3n) is 3.78. The maximum Gasteiger partial charge on any atom is 0.224 e. The van der Waals surface area contributed by atoms with E-state index in [1.54, 1.807) is 18.3 Å². The first kappa shape index (κ1) is 14.1. The van der Waals surface area contributed by atoms with Crippen molar-refractivity contribution < 1.29 is 4.79 Å². The van der Waals surface area contributed by atoms with E-state index in [2.05, 4.69) is 34.7 Å². The molecule has 1 unspecified atom stereocenters. The normalized spacial score (nSPS) is 14.5. The summed E-state index contributed by atoms with van der Waals surface area (Å²) in [5.74, 6) is 0.811. The Balaban J connectivity index is 1.76. The average molecular weight is 292 g/mol. The molecule has 2 aromatic rings. The fourth-order valence-corrected chi connectivity index (χ4v) is 2.52. The summed E-state index contributed by atoms with van der Waals surface area (Å²) in [7, 11) is 0. The quantitative estimate of drug-likeness (QED) is 0.911. The van der Waals surface area contributed by atoms with Gasteiger partial charge in [-0.2, -0.15) is 5.26 Å². The number of rotatable bonds is 3. The molecule has 0 saturated heterocycles. The monoisotopic (exact) mass is 292 g/mol. The summed E-state index contributed by atoms with van der Waals surface area (Å²) < 4.78 is 0. The van der Waals surface area contributed by atoms with Gasteiger partial charge in [-0.05, 0) is 42.7 Å². The molecule has 0 bridgehead atoms. The van der Waals surface area contributed by atoms with Crippen LogP contribution in [0.1, 0.15) is 36.1 Å². The molecule has 0 spiro atoms. The molecular formula is C17H16N4O. The van der Waals surface area contributed by atoms with Crippen molar-refractivity contribution >= 4 is 17.4 Å². The second-order valence-electron chi connectivity index (χ2n) is 5.37. The molecule has 0 fully saturated rings. The number of anilines is 2. The van der Waals surface area contributed by atoms with Gasteiger partial charge < -0.3 is 10.6 Å². The van der Waals surface area contributed by atoms with E-state index in [0.717, 1.165) is 23.5 Å². The van der Waals surface area contributed by atoms with Crippen molar-refractivity contribution in [3.63, 3.8) is 0 Å². The molecule has 3 rings (SSSR count). The Bertz CT molecular complexity index is 746. The highest BCUT2D eigenvalue weighted by Crippen LogP contribution is 2.27. The Morgan fingerprint density at radius 1 is 1.32 bits per heavy atom. The summed E-state index contributed by atoms with van der Waals surface area (Å²) in [5.41, 5.74) is 3.76. The number of pyridine rings is 1. The maximum absolute atomic E-state index is 11.4. The summed E-state index contributed by atoms with van der Waals surface area (Å²) in [5, 5.41) is 15.0. The lowest BCUT2D eigenvalue weighted by Crippen LogP contribution is -2.19. The molecule has 1 atom stereocenters. The van der Waals surface area contributed by atoms with E-state index in [1.165, 1.54) is 5.56 Å². The van der Waals surface area contributed by atoms with E-state index in [1.807, 2.05) is 12.1 Å². The van der Waals surface area contributed by atoms with Gasteiger partial charge in [0.05, 0.1) is 5.56 Å². The minimum absolute atomic E-state index is 0.0770. The largest absolute Gasteiger partial charge is 0.364 e. The van der Waals surface area contributed by atoms with Crippen molar-refractivity contribution in [1.29, 1.82) is 5.26 Å². The van der Waals surface area contributed by atoms with Gasteiger partial charge in [0.2, 0.25) is 5.91 Å². The molecule has 1 amide bonds. The topological polar surface area (TPSA) is 77.8 Å². The smallest absolute Gasteiger partial charge is 0.224 e. The van der Waals surface area contributed by atoms with Crippen molar-refractivity contribution in [2.24, 2.45) is 0 Å². The van der Waals surface area contributed by atoms with Crippen LogP contribution in [0.5, 0.6) is 0 Å². The van der Waals surface area contributed by atoms with Crippen LogP contribution in [0.4, 0.5) is 11.5 Å². The van der Waals surface area contributed by atoms with Gasteiger partial charge in [-0.15, -0.1) is 0 Å². The number of nitriles is 1. The van der Waals surface area contributed by atoms with Crippen molar-refractivity contribution in [3.05, 3.63) is 53.2 Å².